The van der Waals surface area contributed by atoms with Crippen molar-refractivity contribution >= 4 is 29.1 Å². The van der Waals surface area contributed by atoms with Crippen LogP contribution in [0.2, 0.25) is 0 Å². The molecule has 2 aromatic rings. The van der Waals surface area contributed by atoms with E-state index >= 15 is 0 Å². The first-order valence-corrected chi connectivity index (χ1v) is 6.81. The highest BCUT2D eigenvalue weighted by Crippen LogP contribution is 2.11. The molecule has 0 aliphatic carbocycles. The summed E-state index contributed by atoms with van der Waals surface area (Å²) in [6.07, 6.45) is 0.857. The lowest BCUT2D eigenvalue weighted by atomic mass is 10.1. The lowest BCUT2D eigenvalue weighted by Gasteiger charge is -2.10. The number of nitrogens with zero attached hydrogens (tertiary/aromatic N) is 1. The number of nitrogens with one attached hydrogen (secondary N) is 1. The fraction of sp³-hybridized carbons (Fsp3) is 0.357. The molecule has 0 amide bonds. The minimum absolute atomic E-state index is 0.127. The quantitative estimate of drug-likeness (QED) is 0.850. The molecule has 6 heteroatoms. The highest BCUT2D eigenvalue weighted by atomic mass is 32.1. The van der Waals surface area contributed by atoms with Gasteiger partial charge in [0.05, 0.1) is 16.5 Å². The molecule has 106 valence electrons. The molecule has 0 aliphatic rings. The van der Waals surface area contributed by atoms with Crippen LogP contribution in [0.4, 0.5) is 0 Å². The maximum Gasteiger partial charge on any atom is 0.335 e. The standard InChI is InChI=1S/C14H16N2O3S/c1-8(2)5-6-16-12(17)10-4-3-9(13(18)19)7-11(10)15-14(16)20/h3-4,7-8H,5-6H2,1-2H3,(H,15,20)(H,18,19). The van der Waals surface area contributed by atoms with E-state index in [0.717, 1.165) is 6.42 Å². The zero-order valence-corrected chi connectivity index (χ0v) is 12.2. The summed E-state index contributed by atoms with van der Waals surface area (Å²) in [5, 5.41) is 9.41. The van der Waals surface area contributed by atoms with Crippen molar-refractivity contribution in [1.82, 2.24) is 9.55 Å². The number of carboxylic acids is 1. The number of benzene rings is 1. The molecule has 2 N–H and O–H groups in total. The van der Waals surface area contributed by atoms with Crippen LogP contribution < -0.4 is 5.56 Å². The predicted octanol–water partition coefficient (Wildman–Crippen LogP) is 2.80. The number of hydrogen-bond donors (Lipinski definition) is 2. The number of carbonyl (C=O) groups is 1. The van der Waals surface area contributed by atoms with Crippen LogP contribution >= 0.6 is 12.2 Å². The third kappa shape index (κ3) is 2.80. The Morgan fingerprint density at radius 2 is 2.15 bits per heavy atom. The minimum Gasteiger partial charge on any atom is -0.478 e. The summed E-state index contributed by atoms with van der Waals surface area (Å²) in [6.45, 7) is 4.72. The van der Waals surface area contributed by atoms with Gasteiger partial charge in [-0.25, -0.2) is 4.79 Å². The molecule has 0 spiro atoms. The highest BCUT2D eigenvalue weighted by molar-refractivity contribution is 7.71. The number of carboxylic acid groups (broad SMARTS) is 1. The van der Waals surface area contributed by atoms with Gasteiger partial charge in [0.15, 0.2) is 4.77 Å². The van der Waals surface area contributed by atoms with Gasteiger partial charge >= 0.3 is 5.97 Å². The summed E-state index contributed by atoms with van der Waals surface area (Å²) in [5.74, 6) is -0.559. The second-order valence-corrected chi connectivity index (χ2v) is 5.52. The SMILES string of the molecule is CC(C)CCn1c(=S)[nH]c2cc(C(=O)O)ccc2c1=O. The molecular weight excluding hydrogens is 276 g/mol. The second-order valence-electron chi connectivity index (χ2n) is 5.13. The van der Waals surface area contributed by atoms with Gasteiger partial charge < -0.3 is 10.1 Å². The molecule has 2 rings (SSSR count). The summed E-state index contributed by atoms with van der Waals surface area (Å²) in [5.41, 5.74) is 0.407. The summed E-state index contributed by atoms with van der Waals surface area (Å²) >= 11 is 5.19. The third-order valence-electron chi connectivity index (χ3n) is 3.16. The molecule has 0 aliphatic heterocycles. The van der Waals surface area contributed by atoms with Crippen molar-refractivity contribution in [3.8, 4) is 0 Å². The van der Waals surface area contributed by atoms with Crippen LogP contribution in [0, 0.1) is 10.7 Å². The van der Waals surface area contributed by atoms with E-state index in [9.17, 15) is 9.59 Å². The van der Waals surface area contributed by atoms with Crippen molar-refractivity contribution in [2.75, 3.05) is 0 Å². The van der Waals surface area contributed by atoms with Crippen molar-refractivity contribution in [3.05, 3.63) is 38.9 Å². The number of hydrogen-bond acceptors (Lipinski definition) is 3. The second kappa shape index (κ2) is 5.58. The predicted molar refractivity (Wildman–Crippen MR) is 79.8 cm³/mol. The van der Waals surface area contributed by atoms with Gasteiger partial charge in [-0.3, -0.25) is 9.36 Å². The molecule has 0 saturated heterocycles. The normalized spacial score (nSPS) is 11.2. The Hall–Kier alpha value is -1.95. The first kappa shape index (κ1) is 14.5. The maximum absolute atomic E-state index is 12.4. The van der Waals surface area contributed by atoms with Crippen LogP contribution in [0.5, 0.6) is 0 Å². The van der Waals surface area contributed by atoms with Gasteiger partial charge in [-0.15, -0.1) is 0 Å². The number of fused-ring (bicyclic) bond motifs is 1. The fourth-order valence-corrected chi connectivity index (χ4v) is 2.26. The largest absolute Gasteiger partial charge is 0.478 e. The van der Waals surface area contributed by atoms with E-state index in [2.05, 4.69) is 18.8 Å². The van der Waals surface area contributed by atoms with E-state index in [-0.39, 0.29) is 11.1 Å². The molecule has 0 atom stereocenters. The van der Waals surface area contributed by atoms with Crippen LogP contribution in [0.15, 0.2) is 23.0 Å². The van der Waals surface area contributed by atoms with E-state index in [1.54, 1.807) is 0 Å². The van der Waals surface area contributed by atoms with Crippen LogP contribution in [-0.4, -0.2) is 20.6 Å². The number of aromatic nitrogens is 2. The van der Waals surface area contributed by atoms with E-state index in [4.69, 9.17) is 17.3 Å². The lowest BCUT2D eigenvalue weighted by molar-refractivity contribution is 0.0697. The Morgan fingerprint density at radius 3 is 2.75 bits per heavy atom. The number of aromatic carboxylic acids is 1. The van der Waals surface area contributed by atoms with Crippen LogP contribution in [0.1, 0.15) is 30.6 Å². The maximum atomic E-state index is 12.4. The van der Waals surface area contributed by atoms with Gasteiger partial charge in [0.25, 0.3) is 5.56 Å². The summed E-state index contributed by atoms with van der Waals surface area (Å²) < 4.78 is 1.85. The lowest BCUT2D eigenvalue weighted by Crippen LogP contribution is -2.23. The molecule has 1 aromatic carbocycles. The van der Waals surface area contributed by atoms with Gasteiger partial charge in [0, 0.05) is 6.54 Å². The van der Waals surface area contributed by atoms with Crippen LogP contribution in [-0.2, 0) is 6.54 Å². The van der Waals surface area contributed by atoms with Crippen molar-refractivity contribution in [2.45, 2.75) is 26.8 Å². The van der Waals surface area contributed by atoms with Crippen LogP contribution in [0.25, 0.3) is 10.9 Å². The number of rotatable bonds is 4. The molecule has 0 unspecified atom stereocenters. The Bertz CT molecular complexity index is 774. The molecule has 1 aromatic heterocycles. The number of aromatic amines is 1. The summed E-state index contributed by atoms with van der Waals surface area (Å²) in [4.78, 5) is 26.2. The first-order chi connectivity index (χ1) is 9.40. The van der Waals surface area contributed by atoms with Crippen molar-refractivity contribution in [3.63, 3.8) is 0 Å². The molecule has 0 radical (unpaired) electrons. The molecule has 1 heterocycles. The van der Waals surface area contributed by atoms with E-state index in [0.29, 0.717) is 28.1 Å². The van der Waals surface area contributed by atoms with E-state index in [1.807, 2.05) is 0 Å². The summed E-state index contributed by atoms with van der Waals surface area (Å²) in [6, 6.07) is 4.38. The van der Waals surface area contributed by atoms with Crippen molar-refractivity contribution in [2.24, 2.45) is 5.92 Å². The Kier molecular flexibility index (Phi) is 4.04. The average Bonchev–Trinajstić information content (AvgIpc) is 2.37. The van der Waals surface area contributed by atoms with Gasteiger partial charge in [-0.05, 0) is 42.8 Å². The number of H-pyrrole nitrogens is 1. The molecule has 0 fully saturated rings. The fourth-order valence-electron chi connectivity index (χ4n) is 1.98. The monoisotopic (exact) mass is 292 g/mol. The van der Waals surface area contributed by atoms with Gasteiger partial charge in [-0.1, -0.05) is 13.8 Å². The Morgan fingerprint density at radius 1 is 1.45 bits per heavy atom. The zero-order chi connectivity index (χ0) is 14.9. The Balaban J connectivity index is 2.59. The molecule has 0 bridgehead atoms. The highest BCUT2D eigenvalue weighted by Gasteiger charge is 2.09. The molecule has 0 saturated carbocycles. The smallest absolute Gasteiger partial charge is 0.335 e. The van der Waals surface area contributed by atoms with Crippen molar-refractivity contribution in [1.29, 1.82) is 0 Å². The van der Waals surface area contributed by atoms with E-state index in [1.165, 1.54) is 22.8 Å². The average molecular weight is 292 g/mol. The topological polar surface area (TPSA) is 75.1 Å². The van der Waals surface area contributed by atoms with Crippen LogP contribution in [0.3, 0.4) is 0 Å². The molecule has 20 heavy (non-hydrogen) atoms. The molecule has 5 nitrogen and oxygen atoms in total. The minimum atomic E-state index is -1.03. The van der Waals surface area contributed by atoms with Gasteiger partial charge in [-0.2, -0.15) is 0 Å². The van der Waals surface area contributed by atoms with Gasteiger partial charge in [0.2, 0.25) is 0 Å². The Labute approximate surface area is 120 Å². The van der Waals surface area contributed by atoms with E-state index < -0.39 is 5.97 Å². The molecular formula is C14H16N2O3S. The zero-order valence-electron chi connectivity index (χ0n) is 11.3. The first-order valence-electron chi connectivity index (χ1n) is 6.40. The van der Waals surface area contributed by atoms with Gasteiger partial charge in [0.1, 0.15) is 0 Å². The van der Waals surface area contributed by atoms with Crippen molar-refractivity contribution < 1.29 is 9.90 Å². The third-order valence-corrected chi connectivity index (χ3v) is 3.48. The summed E-state index contributed by atoms with van der Waals surface area (Å²) in [7, 11) is 0.